The van der Waals surface area contributed by atoms with Gasteiger partial charge in [-0.3, -0.25) is 4.79 Å². The Bertz CT molecular complexity index is 876. The lowest BCUT2D eigenvalue weighted by Gasteiger charge is -2.04. The summed E-state index contributed by atoms with van der Waals surface area (Å²) in [7, 11) is 0. The molecule has 122 valence electrons. The van der Waals surface area contributed by atoms with Crippen molar-refractivity contribution in [3.05, 3.63) is 48.0 Å². The van der Waals surface area contributed by atoms with Crippen molar-refractivity contribution < 1.29 is 14.7 Å². The first-order chi connectivity index (χ1) is 11.5. The second-order valence-electron chi connectivity index (χ2n) is 5.32. The number of rotatable bonds is 4. The molecular weight excluding hydrogens is 326 g/mol. The van der Waals surface area contributed by atoms with Gasteiger partial charge in [0.05, 0.1) is 11.0 Å². The predicted molar refractivity (Wildman–Crippen MR) is 92.7 cm³/mol. The second kappa shape index (κ2) is 6.84. The van der Waals surface area contributed by atoms with Gasteiger partial charge in [-0.1, -0.05) is 48.2 Å². The standard InChI is InChI=1S/C17H15N3O3S/c1-10(12-7-6-11-4-2-3-5-13(11)8-12)19-20-17-18-16(23)14(24-17)9-15(21)22/h2-8,14H,9H2,1H3,(H,21,22)(H,18,20,23)/p-1/b19-10-/t14-/m0/s1. The van der Waals surface area contributed by atoms with Crippen LogP contribution in [0, 0.1) is 0 Å². The number of aliphatic carboxylic acids is 1. The van der Waals surface area contributed by atoms with Gasteiger partial charge in [-0.15, -0.1) is 5.10 Å². The molecule has 1 saturated heterocycles. The number of hydrogen-bond donors (Lipinski definition) is 1. The lowest BCUT2D eigenvalue weighted by Crippen LogP contribution is -2.31. The van der Waals surface area contributed by atoms with E-state index in [4.69, 9.17) is 0 Å². The van der Waals surface area contributed by atoms with E-state index in [-0.39, 0.29) is 12.3 Å². The average Bonchev–Trinajstić information content (AvgIpc) is 2.91. The van der Waals surface area contributed by atoms with Gasteiger partial charge in [0.15, 0.2) is 5.17 Å². The van der Waals surface area contributed by atoms with Crippen molar-refractivity contribution in [1.29, 1.82) is 0 Å². The first-order valence-electron chi connectivity index (χ1n) is 7.32. The Kier molecular flexibility index (Phi) is 4.61. The molecule has 24 heavy (non-hydrogen) atoms. The highest BCUT2D eigenvalue weighted by atomic mass is 32.2. The van der Waals surface area contributed by atoms with Crippen LogP contribution in [0.15, 0.2) is 52.7 Å². The number of carboxylic acid groups (broad SMARTS) is 1. The summed E-state index contributed by atoms with van der Waals surface area (Å²) in [6.45, 7) is 1.83. The summed E-state index contributed by atoms with van der Waals surface area (Å²) in [5.74, 6) is -1.65. The number of nitrogens with one attached hydrogen (secondary N) is 1. The van der Waals surface area contributed by atoms with Crippen molar-refractivity contribution in [2.45, 2.75) is 18.6 Å². The molecule has 0 aromatic heterocycles. The predicted octanol–water partition coefficient (Wildman–Crippen LogP) is 1.29. The van der Waals surface area contributed by atoms with E-state index in [1.54, 1.807) is 0 Å². The van der Waals surface area contributed by atoms with E-state index in [2.05, 4.69) is 15.5 Å². The van der Waals surface area contributed by atoms with Crippen LogP contribution in [-0.2, 0) is 9.59 Å². The fraction of sp³-hybridized carbons (Fsp3) is 0.176. The van der Waals surface area contributed by atoms with Crippen LogP contribution in [-0.4, -0.2) is 28.0 Å². The Labute approximate surface area is 142 Å². The molecule has 0 unspecified atom stereocenters. The van der Waals surface area contributed by atoms with Gasteiger partial charge in [-0.2, -0.15) is 5.10 Å². The number of carbonyl (C=O) groups is 2. The van der Waals surface area contributed by atoms with E-state index in [1.807, 2.05) is 49.4 Å². The largest absolute Gasteiger partial charge is 0.550 e. The van der Waals surface area contributed by atoms with Crippen LogP contribution >= 0.6 is 11.8 Å². The van der Waals surface area contributed by atoms with Crippen molar-refractivity contribution in [3.63, 3.8) is 0 Å². The SMILES string of the molecule is C/C(=N/N=C1\NC(=O)[C@H](CC(=O)[O-])S1)c1ccc2ccccc2c1. The van der Waals surface area contributed by atoms with Crippen molar-refractivity contribution in [3.8, 4) is 0 Å². The summed E-state index contributed by atoms with van der Waals surface area (Å²) in [6, 6.07) is 14.0. The number of amidine groups is 1. The van der Waals surface area contributed by atoms with Gasteiger partial charge in [0.25, 0.3) is 0 Å². The number of carbonyl (C=O) groups excluding carboxylic acids is 2. The summed E-state index contributed by atoms with van der Waals surface area (Å²) in [5, 5.41) is 23.1. The first kappa shape index (κ1) is 16.2. The lowest BCUT2D eigenvalue weighted by molar-refractivity contribution is -0.305. The number of fused-ring (bicyclic) bond motifs is 1. The topological polar surface area (TPSA) is 94.0 Å². The summed E-state index contributed by atoms with van der Waals surface area (Å²) in [6.07, 6.45) is -0.344. The summed E-state index contributed by atoms with van der Waals surface area (Å²) < 4.78 is 0. The van der Waals surface area contributed by atoms with Gasteiger partial charge in [0, 0.05) is 12.4 Å². The maximum Gasteiger partial charge on any atom is 0.239 e. The van der Waals surface area contributed by atoms with E-state index in [1.165, 1.54) is 0 Å². The third-order valence-corrected chi connectivity index (χ3v) is 4.66. The molecule has 1 fully saturated rings. The maximum absolute atomic E-state index is 11.6. The molecule has 1 N–H and O–H groups in total. The number of amides is 1. The number of nitrogens with zero attached hydrogens (tertiary/aromatic N) is 2. The quantitative estimate of drug-likeness (QED) is 0.670. The summed E-state index contributed by atoms with van der Waals surface area (Å²) in [4.78, 5) is 22.2. The van der Waals surface area contributed by atoms with E-state index in [0.717, 1.165) is 28.1 Å². The van der Waals surface area contributed by atoms with Gasteiger partial charge >= 0.3 is 0 Å². The summed E-state index contributed by atoms with van der Waals surface area (Å²) in [5.41, 5.74) is 1.63. The molecule has 1 aliphatic heterocycles. The van der Waals surface area contributed by atoms with Crippen LogP contribution in [0.25, 0.3) is 10.8 Å². The van der Waals surface area contributed by atoms with Gasteiger partial charge in [-0.25, -0.2) is 0 Å². The number of hydrogen-bond acceptors (Lipinski definition) is 6. The third-order valence-electron chi connectivity index (χ3n) is 3.59. The van der Waals surface area contributed by atoms with Crippen LogP contribution < -0.4 is 10.4 Å². The van der Waals surface area contributed by atoms with E-state index in [0.29, 0.717) is 10.9 Å². The molecule has 1 heterocycles. The maximum atomic E-state index is 11.6. The lowest BCUT2D eigenvalue weighted by atomic mass is 10.0. The molecule has 1 atom stereocenters. The highest BCUT2D eigenvalue weighted by Gasteiger charge is 2.30. The zero-order valence-electron chi connectivity index (χ0n) is 12.9. The fourth-order valence-electron chi connectivity index (χ4n) is 2.33. The molecule has 0 bridgehead atoms. The van der Waals surface area contributed by atoms with Crippen molar-refractivity contribution in [2.75, 3.05) is 0 Å². The minimum Gasteiger partial charge on any atom is -0.550 e. The highest BCUT2D eigenvalue weighted by Crippen LogP contribution is 2.22. The number of carboxylic acids is 1. The first-order valence-corrected chi connectivity index (χ1v) is 8.19. The molecule has 0 spiro atoms. The number of thioether (sulfide) groups is 1. The molecule has 2 aromatic rings. The van der Waals surface area contributed by atoms with Gasteiger partial charge in [0.2, 0.25) is 5.91 Å². The average molecular weight is 340 g/mol. The Morgan fingerprint density at radius 1 is 1.25 bits per heavy atom. The molecule has 0 aliphatic carbocycles. The van der Waals surface area contributed by atoms with Crippen molar-refractivity contribution in [2.24, 2.45) is 10.2 Å². The second-order valence-corrected chi connectivity index (χ2v) is 6.52. The third kappa shape index (κ3) is 3.62. The van der Waals surface area contributed by atoms with E-state index in [9.17, 15) is 14.7 Å². The Morgan fingerprint density at radius 3 is 2.75 bits per heavy atom. The molecule has 1 amide bonds. The van der Waals surface area contributed by atoms with Crippen LogP contribution in [0.3, 0.4) is 0 Å². The van der Waals surface area contributed by atoms with Crippen LogP contribution in [0.2, 0.25) is 0 Å². The zero-order chi connectivity index (χ0) is 17.1. The molecule has 0 saturated carbocycles. The zero-order valence-corrected chi connectivity index (χ0v) is 13.7. The molecular formula is C17H14N3O3S-. The van der Waals surface area contributed by atoms with Crippen molar-refractivity contribution in [1.82, 2.24) is 5.32 Å². The van der Waals surface area contributed by atoms with Gasteiger partial charge in [-0.05, 0) is 29.3 Å². The van der Waals surface area contributed by atoms with Crippen LogP contribution in [0.4, 0.5) is 0 Å². The molecule has 7 heteroatoms. The Hall–Kier alpha value is -2.67. The molecule has 6 nitrogen and oxygen atoms in total. The van der Waals surface area contributed by atoms with Crippen LogP contribution in [0.1, 0.15) is 18.9 Å². The number of benzene rings is 2. The Morgan fingerprint density at radius 2 is 2.00 bits per heavy atom. The smallest absolute Gasteiger partial charge is 0.239 e. The monoisotopic (exact) mass is 340 g/mol. The summed E-state index contributed by atoms with van der Waals surface area (Å²) >= 11 is 1.05. The fourth-order valence-corrected chi connectivity index (χ4v) is 3.23. The Balaban J connectivity index is 1.78. The van der Waals surface area contributed by atoms with Gasteiger partial charge < -0.3 is 15.2 Å². The molecule has 0 radical (unpaired) electrons. The molecule has 3 rings (SSSR count). The normalized spacial score (nSPS) is 19.7. The molecule has 2 aromatic carbocycles. The minimum absolute atomic E-state index is 0.298. The van der Waals surface area contributed by atoms with E-state index < -0.39 is 11.2 Å². The van der Waals surface area contributed by atoms with Crippen LogP contribution in [0.5, 0.6) is 0 Å². The van der Waals surface area contributed by atoms with Gasteiger partial charge in [0.1, 0.15) is 0 Å². The molecule has 1 aliphatic rings. The minimum atomic E-state index is -1.26. The van der Waals surface area contributed by atoms with Crippen molar-refractivity contribution >= 4 is 45.3 Å². The highest BCUT2D eigenvalue weighted by molar-refractivity contribution is 8.15. The van der Waals surface area contributed by atoms with E-state index >= 15 is 0 Å².